The second-order valence-electron chi connectivity index (χ2n) is 7.72. The fourth-order valence-corrected chi connectivity index (χ4v) is 4.27. The summed E-state index contributed by atoms with van der Waals surface area (Å²) in [7, 11) is -3.78. The first-order valence-electron chi connectivity index (χ1n) is 10.3. The van der Waals surface area contributed by atoms with Crippen LogP contribution in [0.25, 0.3) is 22.4 Å². The number of aliphatic hydroxyl groups excluding tert-OH is 1. The molecule has 1 aromatic heterocycles. The molecule has 0 fully saturated rings. The van der Waals surface area contributed by atoms with Crippen molar-refractivity contribution >= 4 is 10.0 Å². The van der Waals surface area contributed by atoms with E-state index in [1.807, 2.05) is 54.1 Å². The average molecular weight is 448 g/mol. The number of hydrogen-bond donors (Lipinski definition) is 2. The molecule has 32 heavy (non-hydrogen) atoms. The number of rotatable bonds is 7. The third kappa shape index (κ3) is 4.65. The number of primary sulfonamides is 1. The summed E-state index contributed by atoms with van der Waals surface area (Å²) in [6.45, 7) is 2.46. The minimum atomic E-state index is -3.78. The lowest BCUT2D eigenvalue weighted by Crippen LogP contribution is -2.11. The van der Waals surface area contributed by atoms with Crippen LogP contribution in [-0.4, -0.2) is 23.3 Å². The van der Waals surface area contributed by atoms with E-state index in [-0.39, 0.29) is 11.5 Å². The van der Waals surface area contributed by atoms with Crippen molar-refractivity contribution in [3.05, 3.63) is 95.7 Å². The van der Waals surface area contributed by atoms with E-state index < -0.39 is 10.0 Å². The van der Waals surface area contributed by atoms with Gasteiger partial charge in [0.25, 0.3) is 0 Å². The fraction of sp³-hybridized carbons (Fsp3) is 0.160. The van der Waals surface area contributed by atoms with Crippen molar-refractivity contribution in [3.8, 4) is 22.4 Å². The predicted octanol–water partition coefficient (Wildman–Crippen LogP) is 3.91. The number of nitrogens with zero attached hydrogens (tertiary/aromatic N) is 2. The van der Waals surface area contributed by atoms with Crippen molar-refractivity contribution in [2.75, 3.05) is 0 Å². The highest BCUT2D eigenvalue weighted by molar-refractivity contribution is 7.89. The molecule has 0 unspecified atom stereocenters. The summed E-state index contributed by atoms with van der Waals surface area (Å²) in [6, 6.07) is 24.5. The summed E-state index contributed by atoms with van der Waals surface area (Å²) in [6.07, 6.45) is 0.770. The summed E-state index contributed by atoms with van der Waals surface area (Å²) in [5.74, 6) is 0. The van der Waals surface area contributed by atoms with Crippen LogP contribution in [0.3, 0.4) is 0 Å². The Morgan fingerprint density at radius 3 is 2.12 bits per heavy atom. The molecule has 0 spiro atoms. The van der Waals surface area contributed by atoms with E-state index in [9.17, 15) is 13.5 Å². The van der Waals surface area contributed by atoms with E-state index in [0.29, 0.717) is 12.2 Å². The largest absolute Gasteiger partial charge is 0.390 e. The second-order valence-corrected chi connectivity index (χ2v) is 9.28. The molecule has 0 aliphatic carbocycles. The van der Waals surface area contributed by atoms with Crippen LogP contribution in [0.5, 0.6) is 0 Å². The molecule has 3 N–H and O–H groups in total. The normalized spacial score (nSPS) is 11.6. The van der Waals surface area contributed by atoms with Crippen molar-refractivity contribution in [2.24, 2.45) is 5.14 Å². The number of sulfonamides is 1. The minimum Gasteiger partial charge on any atom is -0.390 e. The number of hydrogen-bond acceptors (Lipinski definition) is 4. The molecule has 4 rings (SSSR count). The quantitative estimate of drug-likeness (QED) is 0.449. The summed E-state index contributed by atoms with van der Waals surface area (Å²) in [5, 5.41) is 20.3. The molecule has 0 amide bonds. The Kier molecular flexibility index (Phi) is 6.23. The van der Waals surface area contributed by atoms with Gasteiger partial charge in [0.2, 0.25) is 10.0 Å². The van der Waals surface area contributed by atoms with Crippen LogP contribution in [0, 0.1) is 6.92 Å². The molecule has 0 radical (unpaired) electrons. The smallest absolute Gasteiger partial charge is 0.238 e. The maximum atomic E-state index is 11.7. The summed E-state index contributed by atoms with van der Waals surface area (Å²) in [4.78, 5) is 0.0454. The number of benzene rings is 3. The van der Waals surface area contributed by atoms with E-state index in [4.69, 9.17) is 10.2 Å². The summed E-state index contributed by atoms with van der Waals surface area (Å²) >= 11 is 0. The predicted molar refractivity (Wildman–Crippen MR) is 125 cm³/mol. The SMILES string of the molecule is Cc1ccc(-c2c(-c3ccc(S(N)(=O)=O)cc3)nn(CCc3ccccc3)c2CO)cc1. The van der Waals surface area contributed by atoms with Gasteiger partial charge in [0.05, 0.1) is 17.2 Å². The molecule has 0 aliphatic rings. The molecule has 0 atom stereocenters. The van der Waals surface area contributed by atoms with E-state index >= 15 is 0 Å². The van der Waals surface area contributed by atoms with E-state index in [1.165, 1.54) is 17.7 Å². The Labute approximate surface area is 188 Å². The maximum absolute atomic E-state index is 11.7. The molecule has 4 aromatic rings. The highest BCUT2D eigenvalue weighted by atomic mass is 32.2. The molecular weight excluding hydrogens is 422 g/mol. The van der Waals surface area contributed by atoms with Gasteiger partial charge < -0.3 is 5.11 Å². The third-order valence-electron chi connectivity index (χ3n) is 5.46. The fourth-order valence-electron chi connectivity index (χ4n) is 3.75. The molecule has 3 aromatic carbocycles. The Bertz CT molecular complexity index is 1310. The van der Waals surface area contributed by atoms with Crippen molar-refractivity contribution in [3.63, 3.8) is 0 Å². The summed E-state index contributed by atoms with van der Waals surface area (Å²) in [5.41, 5.74) is 6.25. The van der Waals surface area contributed by atoms with Crippen molar-refractivity contribution < 1.29 is 13.5 Å². The van der Waals surface area contributed by atoms with Gasteiger partial charge in [0.15, 0.2) is 0 Å². The Balaban J connectivity index is 1.81. The first-order valence-corrected chi connectivity index (χ1v) is 11.9. The lowest BCUT2D eigenvalue weighted by atomic mass is 9.98. The van der Waals surface area contributed by atoms with E-state index in [2.05, 4.69) is 12.1 Å². The van der Waals surface area contributed by atoms with Gasteiger partial charge in [-0.3, -0.25) is 4.68 Å². The number of nitrogens with two attached hydrogens (primary N) is 1. The standard InChI is InChI=1S/C25H25N3O3S/c1-18-7-9-20(10-8-18)24-23(17-29)28(16-15-19-5-3-2-4-6-19)27-25(24)21-11-13-22(14-12-21)32(26,30)31/h2-14,29H,15-17H2,1H3,(H2,26,30,31). The zero-order chi connectivity index (χ0) is 22.7. The molecule has 164 valence electrons. The van der Waals surface area contributed by atoms with Gasteiger partial charge in [-0.2, -0.15) is 5.10 Å². The lowest BCUT2D eigenvalue weighted by molar-refractivity contribution is 0.268. The van der Waals surface area contributed by atoms with Crippen molar-refractivity contribution in [1.82, 2.24) is 9.78 Å². The molecule has 6 nitrogen and oxygen atoms in total. The molecule has 7 heteroatoms. The van der Waals surface area contributed by atoms with Gasteiger partial charge in [-0.05, 0) is 36.6 Å². The second kappa shape index (κ2) is 9.08. The molecule has 0 saturated heterocycles. The molecule has 0 bridgehead atoms. The van der Waals surface area contributed by atoms with Gasteiger partial charge in [-0.25, -0.2) is 13.6 Å². The van der Waals surface area contributed by atoms with Crippen LogP contribution in [0.15, 0.2) is 83.8 Å². The first kappa shape index (κ1) is 22.0. The number of aromatic nitrogens is 2. The van der Waals surface area contributed by atoms with Crippen LogP contribution < -0.4 is 5.14 Å². The number of aliphatic hydroxyl groups is 1. The molecular formula is C25H25N3O3S. The van der Waals surface area contributed by atoms with Crippen molar-refractivity contribution in [1.29, 1.82) is 0 Å². The van der Waals surface area contributed by atoms with Crippen LogP contribution in [-0.2, 0) is 29.6 Å². The first-order chi connectivity index (χ1) is 15.4. The van der Waals surface area contributed by atoms with E-state index in [0.717, 1.165) is 34.4 Å². The van der Waals surface area contributed by atoms with Crippen LogP contribution in [0.2, 0.25) is 0 Å². The van der Waals surface area contributed by atoms with Crippen LogP contribution in [0.1, 0.15) is 16.8 Å². The highest BCUT2D eigenvalue weighted by Gasteiger charge is 2.21. The van der Waals surface area contributed by atoms with E-state index in [1.54, 1.807) is 12.1 Å². The monoisotopic (exact) mass is 447 g/mol. The zero-order valence-corrected chi connectivity index (χ0v) is 18.6. The van der Waals surface area contributed by atoms with Gasteiger partial charge in [0, 0.05) is 17.7 Å². The van der Waals surface area contributed by atoms with Crippen LogP contribution >= 0.6 is 0 Å². The lowest BCUT2D eigenvalue weighted by Gasteiger charge is -2.09. The average Bonchev–Trinajstić information content (AvgIpc) is 3.17. The maximum Gasteiger partial charge on any atom is 0.238 e. The topological polar surface area (TPSA) is 98.2 Å². The van der Waals surface area contributed by atoms with Gasteiger partial charge in [-0.15, -0.1) is 0 Å². The molecule has 0 aliphatic heterocycles. The zero-order valence-electron chi connectivity index (χ0n) is 17.8. The van der Waals surface area contributed by atoms with Gasteiger partial charge >= 0.3 is 0 Å². The van der Waals surface area contributed by atoms with Gasteiger partial charge in [0.1, 0.15) is 5.69 Å². The Morgan fingerprint density at radius 1 is 0.906 bits per heavy atom. The number of aryl methyl sites for hydroxylation is 3. The van der Waals surface area contributed by atoms with Crippen molar-refractivity contribution in [2.45, 2.75) is 31.4 Å². The Morgan fingerprint density at radius 2 is 1.53 bits per heavy atom. The molecule has 0 saturated carbocycles. The highest BCUT2D eigenvalue weighted by Crippen LogP contribution is 2.35. The van der Waals surface area contributed by atoms with Crippen LogP contribution in [0.4, 0.5) is 0 Å². The third-order valence-corrected chi connectivity index (χ3v) is 6.39. The molecule has 1 heterocycles. The summed E-state index contributed by atoms with van der Waals surface area (Å²) < 4.78 is 25.1. The minimum absolute atomic E-state index is 0.0454. The Hall–Kier alpha value is -3.26. The van der Waals surface area contributed by atoms with Gasteiger partial charge in [-0.1, -0.05) is 72.3 Å².